The van der Waals surface area contributed by atoms with E-state index in [0.717, 1.165) is 11.1 Å². The number of anilines is 1. The van der Waals surface area contributed by atoms with Crippen LogP contribution in [0.3, 0.4) is 0 Å². The number of hydrogen-bond donors (Lipinski definition) is 2. The number of urea groups is 1. The van der Waals surface area contributed by atoms with Gasteiger partial charge in [0.2, 0.25) is 0 Å². The Balaban J connectivity index is 2.01. The molecule has 0 aliphatic heterocycles. The van der Waals surface area contributed by atoms with Crippen LogP contribution in [0, 0.1) is 6.92 Å². The van der Waals surface area contributed by atoms with E-state index < -0.39 is 0 Å². The minimum atomic E-state index is -0.261. The molecule has 0 spiro atoms. The number of nitrogens with one attached hydrogen (secondary N) is 2. The largest absolute Gasteiger partial charge is 0.336 e. The van der Waals surface area contributed by atoms with Crippen molar-refractivity contribution in [3.05, 3.63) is 71.3 Å². The topological polar surface area (TPSA) is 58.2 Å². The first kappa shape index (κ1) is 17.5. The molecule has 0 aliphatic carbocycles. The lowest BCUT2D eigenvalue weighted by Crippen LogP contribution is -2.34. The van der Waals surface area contributed by atoms with Gasteiger partial charge in [-0.05, 0) is 62.2 Å². The highest BCUT2D eigenvalue weighted by atomic mass is 16.2. The molecule has 0 saturated heterocycles. The number of carbonyl (C=O) groups excluding carboxylic acids is 2. The van der Waals surface area contributed by atoms with Crippen molar-refractivity contribution in [1.82, 2.24) is 5.32 Å². The fraction of sp³-hybridized carbons (Fsp3) is 0.200. The lowest BCUT2D eigenvalue weighted by Gasteiger charge is -2.10. The van der Waals surface area contributed by atoms with E-state index in [4.69, 9.17) is 0 Å². The first-order valence-electron chi connectivity index (χ1n) is 7.91. The van der Waals surface area contributed by atoms with Crippen LogP contribution in [0.1, 0.15) is 35.3 Å². The number of carbonyl (C=O) groups is 2. The summed E-state index contributed by atoms with van der Waals surface area (Å²) in [6.45, 7) is 5.79. The summed E-state index contributed by atoms with van der Waals surface area (Å²) in [6, 6.07) is 14.5. The average molecular weight is 322 g/mol. The van der Waals surface area contributed by atoms with Crippen molar-refractivity contribution in [2.24, 2.45) is 0 Å². The van der Waals surface area contributed by atoms with E-state index in [1.165, 1.54) is 0 Å². The van der Waals surface area contributed by atoms with Crippen molar-refractivity contribution in [3.8, 4) is 0 Å². The molecule has 0 atom stereocenters. The van der Waals surface area contributed by atoms with E-state index in [0.29, 0.717) is 11.3 Å². The van der Waals surface area contributed by atoms with Gasteiger partial charge in [0.1, 0.15) is 0 Å². The Morgan fingerprint density at radius 3 is 2.29 bits per heavy atom. The molecule has 0 heterocycles. The van der Waals surface area contributed by atoms with Gasteiger partial charge in [0, 0.05) is 17.3 Å². The van der Waals surface area contributed by atoms with Gasteiger partial charge >= 0.3 is 6.03 Å². The second-order valence-electron chi connectivity index (χ2n) is 5.88. The minimum absolute atomic E-state index is 0.0671. The molecule has 4 heteroatoms. The molecule has 2 N–H and O–H groups in total. The number of aryl methyl sites for hydroxylation is 1. The monoisotopic (exact) mass is 322 g/mol. The normalized spacial score (nSPS) is 10.8. The number of allylic oxidation sites excluding steroid dienone is 1. The maximum Gasteiger partial charge on any atom is 0.319 e. The van der Waals surface area contributed by atoms with E-state index >= 15 is 0 Å². The van der Waals surface area contributed by atoms with Gasteiger partial charge in [-0.25, -0.2) is 4.79 Å². The smallest absolute Gasteiger partial charge is 0.319 e. The fourth-order valence-corrected chi connectivity index (χ4v) is 2.18. The van der Waals surface area contributed by atoms with Crippen molar-refractivity contribution in [1.29, 1.82) is 0 Å². The molecule has 0 aliphatic rings. The second kappa shape index (κ2) is 8.11. The molecule has 0 radical (unpaired) electrons. The summed E-state index contributed by atoms with van der Waals surface area (Å²) in [5.74, 6) is -0.0727. The SMILES string of the molecule is Cc1ccccc1/C=C/C(=O)c1ccc(NC(=O)NC(C)C)cc1. The lowest BCUT2D eigenvalue weighted by molar-refractivity contribution is 0.104. The number of ketones is 1. The maximum absolute atomic E-state index is 12.2. The molecule has 2 rings (SSSR count). The quantitative estimate of drug-likeness (QED) is 0.632. The molecule has 0 saturated carbocycles. The van der Waals surface area contributed by atoms with Crippen LogP contribution in [0.5, 0.6) is 0 Å². The summed E-state index contributed by atoms with van der Waals surface area (Å²) in [5, 5.41) is 5.47. The maximum atomic E-state index is 12.2. The summed E-state index contributed by atoms with van der Waals surface area (Å²) >= 11 is 0. The number of hydrogen-bond acceptors (Lipinski definition) is 2. The van der Waals surface area contributed by atoms with Crippen LogP contribution in [0.4, 0.5) is 10.5 Å². The third kappa shape index (κ3) is 5.09. The molecular weight excluding hydrogens is 300 g/mol. The van der Waals surface area contributed by atoms with E-state index in [1.54, 1.807) is 30.3 Å². The van der Waals surface area contributed by atoms with Crippen molar-refractivity contribution in [2.75, 3.05) is 5.32 Å². The fourth-order valence-electron chi connectivity index (χ4n) is 2.18. The molecule has 24 heavy (non-hydrogen) atoms. The van der Waals surface area contributed by atoms with Crippen LogP contribution >= 0.6 is 0 Å². The highest BCUT2D eigenvalue weighted by Gasteiger charge is 2.05. The Morgan fingerprint density at radius 1 is 1.00 bits per heavy atom. The molecule has 2 aromatic carbocycles. The second-order valence-corrected chi connectivity index (χ2v) is 5.88. The Kier molecular flexibility index (Phi) is 5.90. The van der Waals surface area contributed by atoms with Crippen LogP contribution in [0.2, 0.25) is 0 Å². The first-order chi connectivity index (χ1) is 11.5. The molecule has 124 valence electrons. The molecule has 0 unspecified atom stereocenters. The average Bonchev–Trinajstić information content (AvgIpc) is 2.53. The minimum Gasteiger partial charge on any atom is -0.336 e. The van der Waals surface area contributed by atoms with Crippen molar-refractivity contribution in [2.45, 2.75) is 26.8 Å². The highest BCUT2D eigenvalue weighted by Crippen LogP contribution is 2.13. The number of amides is 2. The van der Waals surface area contributed by atoms with Gasteiger partial charge in [-0.15, -0.1) is 0 Å². The van der Waals surface area contributed by atoms with Crippen LogP contribution in [0.25, 0.3) is 6.08 Å². The summed E-state index contributed by atoms with van der Waals surface area (Å²) in [4.78, 5) is 23.9. The molecule has 2 amide bonds. The van der Waals surface area contributed by atoms with Gasteiger partial charge in [-0.1, -0.05) is 30.3 Å². The Labute approximate surface area is 142 Å². The summed E-state index contributed by atoms with van der Waals surface area (Å²) in [7, 11) is 0. The van der Waals surface area contributed by atoms with Gasteiger partial charge < -0.3 is 10.6 Å². The van der Waals surface area contributed by atoms with Crippen LogP contribution in [-0.2, 0) is 0 Å². The zero-order valence-corrected chi connectivity index (χ0v) is 14.2. The predicted octanol–water partition coefficient (Wildman–Crippen LogP) is 4.42. The van der Waals surface area contributed by atoms with Crippen LogP contribution in [-0.4, -0.2) is 17.9 Å². The first-order valence-corrected chi connectivity index (χ1v) is 7.91. The molecular formula is C20H22N2O2. The van der Waals surface area contributed by atoms with Gasteiger partial charge in [0.25, 0.3) is 0 Å². The van der Waals surface area contributed by atoms with E-state index in [2.05, 4.69) is 10.6 Å². The van der Waals surface area contributed by atoms with Crippen molar-refractivity contribution >= 4 is 23.6 Å². The Morgan fingerprint density at radius 2 is 1.67 bits per heavy atom. The Bertz CT molecular complexity index is 746. The van der Waals surface area contributed by atoms with E-state index in [9.17, 15) is 9.59 Å². The summed E-state index contributed by atoms with van der Waals surface area (Å²) in [6.07, 6.45) is 3.39. The van der Waals surface area contributed by atoms with Crippen LogP contribution < -0.4 is 10.6 Å². The zero-order valence-electron chi connectivity index (χ0n) is 14.2. The third-order valence-corrected chi connectivity index (χ3v) is 3.45. The van der Waals surface area contributed by atoms with Crippen LogP contribution in [0.15, 0.2) is 54.6 Å². The zero-order chi connectivity index (χ0) is 17.5. The lowest BCUT2D eigenvalue weighted by atomic mass is 10.1. The third-order valence-electron chi connectivity index (χ3n) is 3.45. The highest BCUT2D eigenvalue weighted by molar-refractivity contribution is 6.07. The Hall–Kier alpha value is -2.88. The van der Waals surface area contributed by atoms with Gasteiger partial charge in [0.15, 0.2) is 5.78 Å². The van der Waals surface area contributed by atoms with Crippen molar-refractivity contribution < 1.29 is 9.59 Å². The molecule has 4 nitrogen and oxygen atoms in total. The van der Waals surface area contributed by atoms with Gasteiger partial charge in [-0.3, -0.25) is 4.79 Å². The molecule has 0 fully saturated rings. The molecule has 0 aromatic heterocycles. The standard InChI is InChI=1S/C20H22N2O2/c1-14(2)21-20(24)22-18-11-8-17(9-12-18)19(23)13-10-16-7-5-4-6-15(16)3/h4-14H,1-3H3,(H2,21,22,24)/b13-10+. The van der Waals surface area contributed by atoms with E-state index in [-0.39, 0.29) is 17.9 Å². The van der Waals surface area contributed by atoms with E-state index in [1.807, 2.05) is 51.1 Å². The summed E-state index contributed by atoms with van der Waals surface area (Å²) in [5.41, 5.74) is 3.37. The van der Waals surface area contributed by atoms with Gasteiger partial charge in [-0.2, -0.15) is 0 Å². The summed E-state index contributed by atoms with van der Waals surface area (Å²) < 4.78 is 0. The number of benzene rings is 2. The molecule has 2 aromatic rings. The number of rotatable bonds is 5. The van der Waals surface area contributed by atoms with Gasteiger partial charge in [0.05, 0.1) is 0 Å². The van der Waals surface area contributed by atoms with Crippen molar-refractivity contribution in [3.63, 3.8) is 0 Å². The predicted molar refractivity (Wildman–Crippen MR) is 98.3 cm³/mol. The molecule has 0 bridgehead atoms.